The monoisotopic (exact) mass is 285 g/mol. The molecule has 0 spiro atoms. The standard InChI is InChI=1S/C15H27NO4/c1-15(2,8-9-20-3)10-16-13(17)11-6-4-5-7-12(11)14(18)19/h11-12H,4-10H2,1-3H3,(H,16,17)(H,18,19)/t11-,12+/m1/s1. The summed E-state index contributed by atoms with van der Waals surface area (Å²) in [6.07, 6.45) is 3.99. The second kappa shape index (κ2) is 7.62. The zero-order valence-corrected chi connectivity index (χ0v) is 12.8. The maximum atomic E-state index is 12.2. The van der Waals surface area contributed by atoms with Crippen molar-refractivity contribution in [2.75, 3.05) is 20.3 Å². The fourth-order valence-electron chi connectivity index (χ4n) is 2.66. The molecule has 0 radical (unpaired) electrons. The second-order valence-electron chi connectivity index (χ2n) is 6.46. The molecule has 1 rings (SSSR count). The summed E-state index contributed by atoms with van der Waals surface area (Å²) in [5, 5.41) is 12.1. The molecule has 1 fully saturated rings. The lowest BCUT2D eigenvalue weighted by atomic mass is 9.78. The zero-order valence-electron chi connectivity index (χ0n) is 12.8. The van der Waals surface area contributed by atoms with E-state index < -0.39 is 11.9 Å². The van der Waals surface area contributed by atoms with Crippen LogP contribution in [0.3, 0.4) is 0 Å². The Morgan fingerprint density at radius 3 is 2.40 bits per heavy atom. The van der Waals surface area contributed by atoms with Crippen LogP contribution in [0.1, 0.15) is 46.0 Å². The van der Waals surface area contributed by atoms with Crippen LogP contribution in [0.2, 0.25) is 0 Å². The lowest BCUT2D eigenvalue weighted by molar-refractivity contribution is -0.149. The quantitative estimate of drug-likeness (QED) is 0.750. The van der Waals surface area contributed by atoms with Crippen LogP contribution in [0, 0.1) is 17.3 Å². The fourth-order valence-corrected chi connectivity index (χ4v) is 2.66. The highest BCUT2D eigenvalue weighted by atomic mass is 16.5. The van der Waals surface area contributed by atoms with Crippen LogP contribution >= 0.6 is 0 Å². The molecule has 0 aromatic rings. The number of carboxylic acids is 1. The summed E-state index contributed by atoms with van der Waals surface area (Å²) < 4.78 is 5.06. The molecule has 2 atom stereocenters. The van der Waals surface area contributed by atoms with Crippen LogP contribution in [0.15, 0.2) is 0 Å². The number of ether oxygens (including phenoxy) is 1. The lowest BCUT2D eigenvalue weighted by Crippen LogP contribution is -2.43. The summed E-state index contributed by atoms with van der Waals surface area (Å²) in [5.74, 6) is -1.85. The van der Waals surface area contributed by atoms with Gasteiger partial charge in [-0.05, 0) is 24.7 Å². The first-order valence-electron chi connectivity index (χ1n) is 7.37. The minimum absolute atomic E-state index is 0.0426. The molecule has 2 N–H and O–H groups in total. The van der Waals surface area contributed by atoms with Gasteiger partial charge in [0, 0.05) is 20.3 Å². The molecular weight excluding hydrogens is 258 g/mol. The fraction of sp³-hybridized carbons (Fsp3) is 0.867. The number of carboxylic acid groups (broad SMARTS) is 1. The van der Waals surface area contributed by atoms with E-state index in [1.54, 1.807) is 7.11 Å². The Morgan fingerprint density at radius 2 is 1.85 bits per heavy atom. The minimum atomic E-state index is -0.844. The zero-order chi connectivity index (χ0) is 15.2. The Hall–Kier alpha value is -1.10. The Labute approximate surface area is 121 Å². The molecular formula is C15H27NO4. The van der Waals surface area contributed by atoms with Crippen molar-refractivity contribution in [2.24, 2.45) is 17.3 Å². The normalized spacial score (nSPS) is 23.4. The molecule has 1 aliphatic rings. The predicted octanol–water partition coefficient (Wildman–Crippen LogP) is 2.06. The van der Waals surface area contributed by atoms with Crippen molar-refractivity contribution < 1.29 is 19.4 Å². The van der Waals surface area contributed by atoms with Crippen LogP contribution in [0.5, 0.6) is 0 Å². The van der Waals surface area contributed by atoms with Crippen molar-refractivity contribution in [3.05, 3.63) is 0 Å². The van der Waals surface area contributed by atoms with Gasteiger partial charge in [0.25, 0.3) is 0 Å². The van der Waals surface area contributed by atoms with Gasteiger partial charge < -0.3 is 15.2 Å². The summed E-state index contributed by atoms with van der Waals surface area (Å²) in [4.78, 5) is 23.4. The Bertz CT molecular complexity index is 341. The van der Waals surface area contributed by atoms with Gasteiger partial charge in [-0.3, -0.25) is 9.59 Å². The minimum Gasteiger partial charge on any atom is -0.481 e. The van der Waals surface area contributed by atoms with Crippen LogP contribution in [0.4, 0.5) is 0 Å². The molecule has 116 valence electrons. The lowest BCUT2D eigenvalue weighted by Gasteiger charge is -2.30. The van der Waals surface area contributed by atoms with E-state index in [0.717, 1.165) is 19.3 Å². The average Bonchev–Trinajstić information content (AvgIpc) is 2.42. The molecule has 0 aromatic carbocycles. The van der Waals surface area contributed by atoms with E-state index in [0.29, 0.717) is 26.0 Å². The van der Waals surface area contributed by atoms with Crippen molar-refractivity contribution in [3.63, 3.8) is 0 Å². The predicted molar refractivity (Wildman–Crippen MR) is 76.4 cm³/mol. The number of methoxy groups -OCH3 is 1. The van der Waals surface area contributed by atoms with Crippen molar-refractivity contribution in [2.45, 2.75) is 46.0 Å². The van der Waals surface area contributed by atoms with Gasteiger partial charge in [-0.2, -0.15) is 0 Å². The summed E-state index contributed by atoms with van der Waals surface area (Å²) in [5.41, 5.74) is -0.0426. The van der Waals surface area contributed by atoms with E-state index >= 15 is 0 Å². The van der Waals surface area contributed by atoms with Crippen LogP contribution in [0.25, 0.3) is 0 Å². The number of nitrogens with one attached hydrogen (secondary N) is 1. The molecule has 1 amide bonds. The van der Waals surface area contributed by atoms with Gasteiger partial charge in [-0.25, -0.2) is 0 Å². The second-order valence-corrected chi connectivity index (χ2v) is 6.46. The summed E-state index contributed by atoms with van der Waals surface area (Å²) in [7, 11) is 1.66. The highest BCUT2D eigenvalue weighted by Crippen LogP contribution is 2.30. The number of rotatable bonds is 7. The summed E-state index contributed by atoms with van der Waals surface area (Å²) in [6.45, 7) is 5.35. The van der Waals surface area contributed by atoms with Gasteiger partial charge in [0.05, 0.1) is 11.8 Å². The molecule has 0 unspecified atom stereocenters. The number of carbonyl (C=O) groups is 2. The first-order valence-corrected chi connectivity index (χ1v) is 7.37. The van der Waals surface area contributed by atoms with Crippen LogP contribution in [-0.2, 0) is 14.3 Å². The molecule has 0 heterocycles. The third-order valence-corrected chi connectivity index (χ3v) is 4.14. The number of amides is 1. The van der Waals surface area contributed by atoms with Crippen molar-refractivity contribution in [3.8, 4) is 0 Å². The highest BCUT2D eigenvalue weighted by Gasteiger charge is 2.36. The van der Waals surface area contributed by atoms with E-state index in [-0.39, 0.29) is 17.2 Å². The summed E-state index contributed by atoms with van der Waals surface area (Å²) >= 11 is 0. The van der Waals surface area contributed by atoms with E-state index in [1.807, 2.05) is 0 Å². The van der Waals surface area contributed by atoms with Gasteiger partial charge in [-0.1, -0.05) is 26.7 Å². The van der Waals surface area contributed by atoms with Gasteiger partial charge in [0.2, 0.25) is 5.91 Å². The van der Waals surface area contributed by atoms with Gasteiger partial charge >= 0.3 is 5.97 Å². The number of aliphatic carboxylic acids is 1. The Morgan fingerprint density at radius 1 is 1.25 bits per heavy atom. The molecule has 5 heteroatoms. The van der Waals surface area contributed by atoms with E-state index in [2.05, 4.69) is 19.2 Å². The topological polar surface area (TPSA) is 75.6 Å². The molecule has 0 aliphatic heterocycles. The molecule has 1 aliphatic carbocycles. The SMILES string of the molecule is COCCC(C)(C)CNC(=O)[C@@H]1CCCC[C@@H]1C(=O)O. The third-order valence-electron chi connectivity index (χ3n) is 4.14. The molecule has 0 saturated heterocycles. The first-order chi connectivity index (χ1) is 9.37. The van der Waals surface area contributed by atoms with Crippen molar-refractivity contribution >= 4 is 11.9 Å². The molecule has 5 nitrogen and oxygen atoms in total. The maximum Gasteiger partial charge on any atom is 0.307 e. The number of hydrogen-bond donors (Lipinski definition) is 2. The molecule has 0 bridgehead atoms. The smallest absolute Gasteiger partial charge is 0.307 e. The van der Waals surface area contributed by atoms with Crippen molar-refractivity contribution in [1.29, 1.82) is 0 Å². The van der Waals surface area contributed by atoms with Gasteiger partial charge in [-0.15, -0.1) is 0 Å². The van der Waals surface area contributed by atoms with E-state index in [9.17, 15) is 14.7 Å². The first kappa shape index (κ1) is 17.0. The molecule has 0 aromatic heterocycles. The van der Waals surface area contributed by atoms with E-state index in [1.165, 1.54) is 0 Å². The number of carbonyl (C=O) groups excluding carboxylic acids is 1. The van der Waals surface area contributed by atoms with Gasteiger partial charge in [0.1, 0.15) is 0 Å². The van der Waals surface area contributed by atoms with Crippen LogP contribution < -0.4 is 5.32 Å². The number of hydrogen-bond acceptors (Lipinski definition) is 3. The molecule has 1 saturated carbocycles. The third kappa shape index (κ3) is 5.12. The average molecular weight is 285 g/mol. The van der Waals surface area contributed by atoms with Crippen molar-refractivity contribution in [1.82, 2.24) is 5.32 Å². The largest absolute Gasteiger partial charge is 0.481 e. The Balaban J connectivity index is 2.50. The van der Waals surface area contributed by atoms with E-state index in [4.69, 9.17) is 4.74 Å². The Kier molecular flexibility index (Phi) is 6.46. The van der Waals surface area contributed by atoms with Gasteiger partial charge in [0.15, 0.2) is 0 Å². The molecule has 20 heavy (non-hydrogen) atoms. The maximum absolute atomic E-state index is 12.2. The van der Waals surface area contributed by atoms with Crippen LogP contribution in [-0.4, -0.2) is 37.2 Å². The highest BCUT2D eigenvalue weighted by molar-refractivity contribution is 5.84. The summed E-state index contributed by atoms with van der Waals surface area (Å²) in [6, 6.07) is 0.